The maximum atomic E-state index is 12.0. The van der Waals surface area contributed by atoms with Gasteiger partial charge in [0.2, 0.25) is 0 Å². The summed E-state index contributed by atoms with van der Waals surface area (Å²) in [6, 6.07) is 8.37. The molecule has 0 aliphatic carbocycles. The van der Waals surface area contributed by atoms with Gasteiger partial charge in [-0.25, -0.2) is 4.79 Å². The monoisotopic (exact) mass is 386 g/mol. The van der Waals surface area contributed by atoms with Gasteiger partial charge in [-0.05, 0) is 55.3 Å². The van der Waals surface area contributed by atoms with Crippen LogP contribution in [-0.2, 0) is 0 Å². The van der Waals surface area contributed by atoms with Crippen LogP contribution in [0.4, 0.5) is 16.2 Å². The summed E-state index contributed by atoms with van der Waals surface area (Å²) >= 11 is 15.2. The average Bonchev–Trinajstić information content (AvgIpc) is 2.40. The lowest BCUT2D eigenvalue weighted by Crippen LogP contribution is -2.19. The molecule has 2 aromatic rings. The highest BCUT2D eigenvalue weighted by molar-refractivity contribution is 9.10. The van der Waals surface area contributed by atoms with Gasteiger partial charge in [0.1, 0.15) is 0 Å². The first-order valence-electron chi connectivity index (χ1n) is 6.16. The van der Waals surface area contributed by atoms with Gasteiger partial charge in [-0.1, -0.05) is 39.1 Å². The van der Waals surface area contributed by atoms with E-state index in [-0.39, 0.29) is 6.03 Å². The second kappa shape index (κ2) is 6.69. The molecule has 2 aromatic carbocycles. The molecule has 21 heavy (non-hydrogen) atoms. The van der Waals surface area contributed by atoms with Crippen molar-refractivity contribution in [3.8, 4) is 0 Å². The van der Waals surface area contributed by atoms with Gasteiger partial charge in [-0.3, -0.25) is 0 Å². The number of benzene rings is 2. The van der Waals surface area contributed by atoms with E-state index in [0.717, 1.165) is 21.3 Å². The minimum Gasteiger partial charge on any atom is -0.308 e. The van der Waals surface area contributed by atoms with E-state index in [1.54, 1.807) is 18.2 Å². The lowest BCUT2D eigenvalue weighted by molar-refractivity contribution is 0.262. The first-order chi connectivity index (χ1) is 9.86. The Labute approximate surface area is 141 Å². The van der Waals surface area contributed by atoms with Gasteiger partial charge in [-0.15, -0.1) is 0 Å². The summed E-state index contributed by atoms with van der Waals surface area (Å²) in [5, 5.41) is 6.33. The first kappa shape index (κ1) is 16.1. The number of rotatable bonds is 2. The summed E-state index contributed by atoms with van der Waals surface area (Å²) in [4.78, 5) is 12.0. The fourth-order valence-corrected chi connectivity index (χ4v) is 2.41. The lowest BCUT2D eigenvalue weighted by atomic mass is 10.1. The van der Waals surface area contributed by atoms with E-state index in [2.05, 4.69) is 26.6 Å². The molecule has 2 N–H and O–H groups in total. The van der Waals surface area contributed by atoms with Crippen LogP contribution < -0.4 is 10.6 Å². The second-order valence-electron chi connectivity index (χ2n) is 4.63. The summed E-state index contributed by atoms with van der Waals surface area (Å²) in [5.41, 5.74) is 3.41. The molecule has 0 heterocycles. The molecule has 0 aliphatic rings. The lowest BCUT2D eigenvalue weighted by Gasteiger charge is -2.11. The van der Waals surface area contributed by atoms with Gasteiger partial charge >= 0.3 is 6.03 Å². The van der Waals surface area contributed by atoms with Crippen LogP contribution in [0.1, 0.15) is 11.1 Å². The molecular formula is C15H13BrCl2N2O. The second-order valence-corrected chi connectivity index (χ2v) is 6.24. The molecule has 3 nitrogen and oxygen atoms in total. The molecule has 110 valence electrons. The molecule has 0 bridgehead atoms. The third kappa shape index (κ3) is 4.13. The smallest absolute Gasteiger partial charge is 0.308 e. The number of hydrogen-bond acceptors (Lipinski definition) is 1. The van der Waals surface area contributed by atoms with E-state index in [0.29, 0.717) is 15.7 Å². The number of carbonyl (C=O) groups is 1. The zero-order valence-corrected chi connectivity index (χ0v) is 14.5. The van der Waals surface area contributed by atoms with Crippen molar-refractivity contribution in [3.63, 3.8) is 0 Å². The van der Waals surface area contributed by atoms with Crippen LogP contribution in [0.2, 0.25) is 10.0 Å². The molecule has 0 unspecified atom stereocenters. The fraction of sp³-hybridized carbons (Fsp3) is 0.133. The van der Waals surface area contributed by atoms with Crippen LogP contribution in [0.25, 0.3) is 0 Å². The Morgan fingerprint density at radius 1 is 0.952 bits per heavy atom. The molecule has 0 atom stereocenters. The average molecular weight is 388 g/mol. The van der Waals surface area contributed by atoms with Gasteiger partial charge in [0, 0.05) is 15.8 Å². The predicted molar refractivity (Wildman–Crippen MR) is 92.7 cm³/mol. The molecule has 2 amide bonds. The maximum absolute atomic E-state index is 12.0. The van der Waals surface area contributed by atoms with Crippen LogP contribution in [0.3, 0.4) is 0 Å². The van der Waals surface area contributed by atoms with Gasteiger partial charge in [0.25, 0.3) is 0 Å². The van der Waals surface area contributed by atoms with E-state index in [1.807, 2.05) is 26.0 Å². The van der Waals surface area contributed by atoms with Crippen molar-refractivity contribution in [3.05, 3.63) is 56.0 Å². The number of urea groups is 1. The summed E-state index contributed by atoms with van der Waals surface area (Å²) < 4.78 is 1.04. The molecular weight excluding hydrogens is 375 g/mol. The molecule has 0 radical (unpaired) electrons. The largest absolute Gasteiger partial charge is 0.323 e. The summed E-state index contributed by atoms with van der Waals surface area (Å²) in [7, 11) is 0. The van der Waals surface area contributed by atoms with Crippen molar-refractivity contribution in [2.75, 3.05) is 10.6 Å². The molecule has 0 spiro atoms. The zero-order chi connectivity index (χ0) is 15.6. The fourth-order valence-electron chi connectivity index (χ4n) is 1.89. The van der Waals surface area contributed by atoms with Crippen LogP contribution in [-0.4, -0.2) is 6.03 Å². The normalized spacial score (nSPS) is 10.3. The molecule has 0 aromatic heterocycles. The van der Waals surface area contributed by atoms with Gasteiger partial charge in [-0.2, -0.15) is 0 Å². The third-order valence-corrected chi connectivity index (χ3v) is 4.86. The highest BCUT2D eigenvalue weighted by atomic mass is 79.9. The van der Waals surface area contributed by atoms with Crippen LogP contribution in [0.15, 0.2) is 34.8 Å². The minimum atomic E-state index is -0.338. The Morgan fingerprint density at radius 2 is 1.52 bits per heavy atom. The van der Waals surface area contributed by atoms with Crippen molar-refractivity contribution in [2.24, 2.45) is 0 Å². The first-order valence-corrected chi connectivity index (χ1v) is 7.71. The highest BCUT2D eigenvalue weighted by Gasteiger charge is 2.07. The molecule has 6 heteroatoms. The summed E-state index contributed by atoms with van der Waals surface area (Å²) in [5.74, 6) is 0. The minimum absolute atomic E-state index is 0.338. The molecule has 0 fully saturated rings. The molecule has 0 saturated heterocycles. The quantitative estimate of drug-likeness (QED) is 0.650. The molecule has 0 saturated carbocycles. The van der Waals surface area contributed by atoms with Crippen molar-refractivity contribution < 1.29 is 4.79 Å². The van der Waals surface area contributed by atoms with Crippen molar-refractivity contribution in [1.29, 1.82) is 0 Å². The third-order valence-electron chi connectivity index (χ3n) is 2.87. The Kier molecular flexibility index (Phi) is 5.14. The van der Waals surface area contributed by atoms with Gasteiger partial charge in [0.05, 0.1) is 10.0 Å². The number of nitrogens with one attached hydrogen (secondary N) is 2. The number of anilines is 2. The van der Waals surface area contributed by atoms with Crippen LogP contribution in [0, 0.1) is 13.8 Å². The summed E-state index contributed by atoms with van der Waals surface area (Å²) in [6.07, 6.45) is 0. The Bertz CT molecular complexity index is 681. The van der Waals surface area contributed by atoms with Crippen LogP contribution in [0.5, 0.6) is 0 Å². The standard InChI is InChI=1S/C15H13BrCl2N2O/c1-8-5-11(6-9(2)14(8)16)20-15(21)19-10-3-4-12(17)13(18)7-10/h3-7H,1-2H3,(H2,19,20,21). The maximum Gasteiger partial charge on any atom is 0.323 e. The number of halogens is 3. The predicted octanol–water partition coefficient (Wildman–Crippen LogP) is 6.02. The summed E-state index contributed by atoms with van der Waals surface area (Å²) in [6.45, 7) is 3.94. The van der Waals surface area contributed by atoms with Gasteiger partial charge in [0.15, 0.2) is 0 Å². The van der Waals surface area contributed by atoms with E-state index in [1.165, 1.54) is 0 Å². The van der Waals surface area contributed by atoms with Crippen LogP contribution >= 0.6 is 39.1 Å². The van der Waals surface area contributed by atoms with Crippen molar-refractivity contribution in [1.82, 2.24) is 0 Å². The Balaban J connectivity index is 2.09. The number of amides is 2. The Hall–Kier alpha value is -1.23. The van der Waals surface area contributed by atoms with Gasteiger partial charge < -0.3 is 10.6 Å². The van der Waals surface area contributed by atoms with E-state index in [9.17, 15) is 4.79 Å². The van der Waals surface area contributed by atoms with E-state index in [4.69, 9.17) is 23.2 Å². The van der Waals surface area contributed by atoms with E-state index < -0.39 is 0 Å². The molecule has 0 aliphatic heterocycles. The zero-order valence-electron chi connectivity index (χ0n) is 11.4. The Morgan fingerprint density at radius 3 is 2.10 bits per heavy atom. The SMILES string of the molecule is Cc1cc(NC(=O)Nc2ccc(Cl)c(Cl)c2)cc(C)c1Br. The van der Waals surface area contributed by atoms with E-state index >= 15 is 0 Å². The number of aryl methyl sites for hydroxylation is 2. The van der Waals surface area contributed by atoms with Crippen molar-refractivity contribution >= 4 is 56.5 Å². The number of hydrogen-bond donors (Lipinski definition) is 2. The topological polar surface area (TPSA) is 41.1 Å². The highest BCUT2D eigenvalue weighted by Crippen LogP contribution is 2.26. The number of carbonyl (C=O) groups excluding carboxylic acids is 1. The van der Waals surface area contributed by atoms with Crippen molar-refractivity contribution in [2.45, 2.75) is 13.8 Å². The molecule has 2 rings (SSSR count).